The molecule has 0 radical (unpaired) electrons. The van der Waals surface area contributed by atoms with E-state index in [1.807, 2.05) is 49.4 Å². The SMILES string of the molecule is CCNC(=NCCS(=O)(=O)NCc1ccccc1)N1CCOC(c2ccccc2C)C1. The van der Waals surface area contributed by atoms with Crippen LogP contribution in [0.25, 0.3) is 0 Å². The third-order valence-corrected chi connectivity index (χ3v) is 6.50. The van der Waals surface area contributed by atoms with Gasteiger partial charge in [-0.2, -0.15) is 0 Å². The van der Waals surface area contributed by atoms with Gasteiger partial charge in [0.1, 0.15) is 6.10 Å². The standard InChI is InChI=1S/C23H32N4O3S/c1-3-24-23(25-13-16-31(28,29)26-17-20-10-5-4-6-11-20)27-14-15-30-22(18-27)21-12-8-7-9-19(21)2/h4-12,22,26H,3,13-18H2,1-2H3,(H,24,25). The molecule has 8 heteroatoms. The Hall–Kier alpha value is -2.42. The van der Waals surface area contributed by atoms with E-state index in [0.29, 0.717) is 26.2 Å². The first-order chi connectivity index (χ1) is 15.0. The Labute approximate surface area is 185 Å². The number of guanidine groups is 1. The van der Waals surface area contributed by atoms with Crippen LogP contribution in [0, 0.1) is 6.92 Å². The molecule has 1 atom stereocenters. The second-order valence-electron chi connectivity index (χ2n) is 7.52. The fourth-order valence-corrected chi connectivity index (χ4v) is 4.40. The summed E-state index contributed by atoms with van der Waals surface area (Å²) in [4.78, 5) is 6.73. The fourth-order valence-electron chi connectivity index (χ4n) is 3.54. The third-order valence-electron chi connectivity index (χ3n) is 5.20. The summed E-state index contributed by atoms with van der Waals surface area (Å²) in [5.74, 6) is 0.669. The van der Waals surface area contributed by atoms with Gasteiger partial charge in [0.05, 0.1) is 25.4 Å². The van der Waals surface area contributed by atoms with Gasteiger partial charge in [-0.25, -0.2) is 13.1 Å². The van der Waals surface area contributed by atoms with Crippen molar-refractivity contribution in [2.75, 3.05) is 38.5 Å². The monoisotopic (exact) mass is 444 g/mol. The molecule has 2 N–H and O–H groups in total. The lowest BCUT2D eigenvalue weighted by atomic mass is 10.0. The van der Waals surface area contributed by atoms with Crippen LogP contribution in [0.1, 0.15) is 29.7 Å². The van der Waals surface area contributed by atoms with E-state index >= 15 is 0 Å². The van der Waals surface area contributed by atoms with Crippen LogP contribution in [0.5, 0.6) is 0 Å². The summed E-state index contributed by atoms with van der Waals surface area (Å²) in [5.41, 5.74) is 3.31. The lowest BCUT2D eigenvalue weighted by Gasteiger charge is -2.35. The van der Waals surface area contributed by atoms with Gasteiger partial charge >= 0.3 is 0 Å². The van der Waals surface area contributed by atoms with Gasteiger partial charge < -0.3 is 15.0 Å². The molecule has 0 saturated carbocycles. The Morgan fingerprint density at radius 3 is 2.65 bits per heavy atom. The van der Waals surface area contributed by atoms with Crippen molar-refractivity contribution in [3.05, 3.63) is 71.3 Å². The summed E-state index contributed by atoms with van der Waals surface area (Å²) in [6.07, 6.45) is -0.0323. The zero-order valence-electron chi connectivity index (χ0n) is 18.3. The number of aryl methyl sites for hydroxylation is 1. The van der Waals surface area contributed by atoms with Crippen LogP contribution >= 0.6 is 0 Å². The van der Waals surface area contributed by atoms with Crippen molar-refractivity contribution >= 4 is 16.0 Å². The Kier molecular flexibility index (Phi) is 8.45. The van der Waals surface area contributed by atoms with E-state index in [0.717, 1.165) is 11.5 Å². The summed E-state index contributed by atoms with van der Waals surface area (Å²) >= 11 is 0. The number of morpholine rings is 1. The molecule has 31 heavy (non-hydrogen) atoms. The molecule has 1 saturated heterocycles. The highest BCUT2D eigenvalue weighted by molar-refractivity contribution is 7.89. The van der Waals surface area contributed by atoms with Gasteiger partial charge in [-0.1, -0.05) is 54.6 Å². The lowest BCUT2D eigenvalue weighted by Crippen LogP contribution is -2.48. The predicted octanol–water partition coefficient (Wildman–Crippen LogP) is 2.45. The second kappa shape index (κ2) is 11.3. The number of sulfonamides is 1. The van der Waals surface area contributed by atoms with Gasteiger partial charge in [-0.05, 0) is 30.5 Å². The number of hydrogen-bond donors (Lipinski definition) is 2. The molecule has 2 aromatic rings. The van der Waals surface area contributed by atoms with Gasteiger partial charge in [0.25, 0.3) is 0 Å². The van der Waals surface area contributed by atoms with Crippen molar-refractivity contribution in [1.29, 1.82) is 0 Å². The van der Waals surface area contributed by atoms with E-state index in [-0.39, 0.29) is 24.9 Å². The number of aliphatic imine (C=N–C) groups is 1. The summed E-state index contributed by atoms with van der Waals surface area (Å²) in [6, 6.07) is 17.7. The molecule has 0 aromatic heterocycles. The first-order valence-electron chi connectivity index (χ1n) is 10.7. The Morgan fingerprint density at radius 1 is 1.16 bits per heavy atom. The largest absolute Gasteiger partial charge is 0.370 e. The van der Waals surface area contributed by atoms with Crippen LogP contribution in [-0.4, -0.2) is 57.8 Å². The van der Waals surface area contributed by atoms with E-state index in [1.165, 1.54) is 11.1 Å². The molecule has 1 unspecified atom stereocenters. The van der Waals surface area contributed by atoms with E-state index < -0.39 is 10.0 Å². The van der Waals surface area contributed by atoms with Crippen molar-refractivity contribution in [1.82, 2.24) is 14.9 Å². The van der Waals surface area contributed by atoms with Gasteiger partial charge in [0.2, 0.25) is 10.0 Å². The minimum absolute atomic E-state index is 0.0323. The van der Waals surface area contributed by atoms with Crippen molar-refractivity contribution in [3.63, 3.8) is 0 Å². The highest BCUT2D eigenvalue weighted by atomic mass is 32.2. The van der Waals surface area contributed by atoms with Crippen LogP contribution in [0.3, 0.4) is 0 Å². The second-order valence-corrected chi connectivity index (χ2v) is 9.45. The molecule has 1 fully saturated rings. The molecule has 2 aromatic carbocycles. The van der Waals surface area contributed by atoms with Crippen molar-refractivity contribution < 1.29 is 13.2 Å². The summed E-state index contributed by atoms with van der Waals surface area (Å²) < 4.78 is 33.4. The number of ether oxygens (including phenoxy) is 1. The Balaban J connectivity index is 1.59. The van der Waals surface area contributed by atoms with Gasteiger partial charge in [0.15, 0.2) is 5.96 Å². The number of nitrogens with one attached hydrogen (secondary N) is 2. The molecular weight excluding hydrogens is 412 g/mol. The molecule has 1 aliphatic rings. The van der Waals surface area contributed by atoms with E-state index in [4.69, 9.17) is 4.74 Å². The van der Waals surface area contributed by atoms with Crippen LogP contribution in [0.4, 0.5) is 0 Å². The van der Waals surface area contributed by atoms with E-state index in [9.17, 15) is 8.42 Å². The van der Waals surface area contributed by atoms with Gasteiger partial charge in [-0.15, -0.1) is 0 Å². The maximum atomic E-state index is 12.4. The maximum absolute atomic E-state index is 12.4. The van der Waals surface area contributed by atoms with Gasteiger partial charge in [-0.3, -0.25) is 4.99 Å². The summed E-state index contributed by atoms with van der Waals surface area (Å²) in [6.45, 7) is 7.28. The molecule has 0 bridgehead atoms. The fraction of sp³-hybridized carbons (Fsp3) is 0.435. The van der Waals surface area contributed by atoms with Crippen molar-refractivity contribution in [2.45, 2.75) is 26.5 Å². The van der Waals surface area contributed by atoms with Crippen molar-refractivity contribution in [2.24, 2.45) is 4.99 Å². The minimum Gasteiger partial charge on any atom is -0.370 e. The van der Waals surface area contributed by atoms with Crippen molar-refractivity contribution in [3.8, 4) is 0 Å². The first-order valence-corrected chi connectivity index (χ1v) is 12.4. The molecule has 1 heterocycles. The summed E-state index contributed by atoms with van der Waals surface area (Å²) in [5, 5.41) is 3.29. The predicted molar refractivity (Wildman–Crippen MR) is 124 cm³/mol. The number of benzene rings is 2. The van der Waals surface area contributed by atoms with E-state index in [1.54, 1.807) is 0 Å². The van der Waals surface area contributed by atoms with Crippen LogP contribution in [-0.2, 0) is 21.3 Å². The molecule has 168 valence electrons. The smallest absolute Gasteiger partial charge is 0.213 e. The molecule has 3 rings (SSSR count). The zero-order valence-corrected chi connectivity index (χ0v) is 19.1. The third kappa shape index (κ3) is 7.05. The van der Waals surface area contributed by atoms with E-state index in [2.05, 4.69) is 39.0 Å². The van der Waals surface area contributed by atoms with Gasteiger partial charge in [0, 0.05) is 19.6 Å². The zero-order chi connectivity index (χ0) is 22.1. The average Bonchev–Trinajstić information content (AvgIpc) is 2.78. The first kappa shape index (κ1) is 23.2. The minimum atomic E-state index is -3.41. The molecular formula is C23H32N4O3S. The number of rotatable bonds is 8. The number of nitrogens with zero attached hydrogens (tertiary/aromatic N) is 2. The highest BCUT2D eigenvalue weighted by Gasteiger charge is 2.25. The Bertz CT molecular complexity index is 964. The normalized spacial score (nSPS) is 17.5. The highest BCUT2D eigenvalue weighted by Crippen LogP contribution is 2.24. The summed E-state index contributed by atoms with van der Waals surface area (Å²) in [7, 11) is -3.41. The molecule has 7 nitrogen and oxygen atoms in total. The quantitative estimate of drug-likeness (QED) is 0.483. The van der Waals surface area contributed by atoms with Crippen LogP contribution in [0.15, 0.2) is 59.6 Å². The maximum Gasteiger partial charge on any atom is 0.213 e. The number of hydrogen-bond acceptors (Lipinski definition) is 4. The lowest BCUT2D eigenvalue weighted by molar-refractivity contribution is -0.00831. The molecule has 1 aliphatic heterocycles. The topological polar surface area (TPSA) is 83.0 Å². The van der Waals surface area contributed by atoms with Crippen LogP contribution in [0.2, 0.25) is 0 Å². The van der Waals surface area contributed by atoms with Crippen LogP contribution < -0.4 is 10.0 Å². The molecule has 0 aliphatic carbocycles. The molecule has 0 spiro atoms. The molecule has 0 amide bonds. The Morgan fingerprint density at radius 2 is 1.90 bits per heavy atom. The average molecular weight is 445 g/mol.